The van der Waals surface area contributed by atoms with Crippen LogP contribution in [0.5, 0.6) is 0 Å². The number of carbonyl (C=O) groups is 1. The number of nitrogens with zero attached hydrogens (tertiary/aromatic N) is 6. The minimum Gasteiger partial charge on any atom is -0.307 e. The molecule has 146 valence electrons. The van der Waals surface area contributed by atoms with Crippen molar-refractivity contribution in [2.75, 3.05) is 5.32 Å². The van der Waals surface area contributed by atoms with Crippen LogP contribution in [-0.2, 0) is 6.54 Å². The second-order valence-corrected chi connectivity index (χ2v) is 7.16. The van der Waals surface area contributed by atoms with Crippen LogP contribution in [0.15, 0.2) is 55.0 Å². The number of tetrazole rings is 1. The molecule has 2 aromatic heterocycles. The Morgan fingerprint density at radius 1 is 1.14 bits per heavy atom. The van der Waals surface area contributed by atoms with Crippen LogP contribution in [-0.4, -0.2) is 35.9 Å². The molecule has 10 heteroatoms. The molecule has 0 aliphatic heterocycles. The van der Waals surface area contributed by atoms with Crippen molar-refractivity contribution < 1.29 is 4.79 Å². The summed E-state index contributed by atoms with van der Waals surface area (Å²) in [5.41, 5.74) is 3.02. The fourth-order valence-electron chi connectivity index (χ4n) is 2.89. The zero-order chi connectivity index (χ0) is 20.4. The minimum atomic E-state index is -0.250. The molecule has 0 fully saturated rings. The predicted octanol–water partition coefficient (Wildman–Crippen LogP) is 3.77. The van der Waals surface area contributed by atoms with E-state index in [1.807, 2.05) is 13.0 Å². The first-order valence-electron chi connectivity index (χ1n) is 8.62. The van der Waals surface area contributed by atoms with Gasteiger partial charge < -0.3 is 5.32 Å². The maximum Gasteiger partial charge on any atom is 0.256 e. The fraction of sp³-hybridized carbons (Fsp3) is 0.105. The molecule has 0 spiro atoms. The van der Waals surface area contributed by atoms with Gasteiger partial charge in [0.05, 0.1) is 18.4 Å². The lowest BCUT2D eigenvalue weighted by atomic mass is 10.1. The van der Waals surface area contributed by atoms with Crippen molar-refractivity contribution in [1.29, 1.82) is 0 Å². The van der Waals surface area contributed by atoms with E-state index in [1.165, 1.54) is 6.33 Å². The SMILES string of the molecule is Cc1cc(C(=O)Nc2ccnn2Cc2ccc(Cl)cc2Cl)ccc1-n1cnnn1. The van der Waals surface area contributed by atoms with E-state index in [0.717, 1.165) is 16.8 Å². The highest BCUT2D eigenvalue weighted by Crippen LogP contribution is 2.23. The molecule has 0 aliphatic rings. The molecular weight excluding hydrogens is 413 g/mol. The number of halogens is 2. The molecule has 0 radical (unpaired) electrons. The zero-order valence-electron chi connectivity index (χ0n) is 15.3. The zero-order valence-corrected chi connectivity index (χ0v) is 16.8. The van der Waals surface area contributed by atoms with Gasteiger partial charge in [0.15, 0.2) is 0 Å². The molecule has 1 N–H and O–H groups in total. The lowest BCUT2D eigenvalue weighted by molar-refractivity contribution is 0.102. The highest BCUT2D eigenvalue weighted by Gasteiger charge is 2.13. The van der Waals surface area contributed by atoms with E-state index in [9.17, 15) is 4.79 Å². The Balaban J connectivity index is 1.52. The van der Waals surface area contributed by atoms with Gasteiger partial charge in [-0.2, -0.15) is 5.10 Å². The fourth-order valence-corrected chi connectivity index (χ4v) is 3.36. The molecule has 1 amide bonds. The predicted molar refractivity (Wildman–Crippen MR) is 110 cm³/mol. The van der Waals surface area contributed by atoms with Crippen LogP contribution in [0.4, 0.5) is 5.82 Å². The number of hydrogen-bond donors (Lipinski definition) is 1. The average molecular weight is 428 g/mol. The summed E-state index contributed by atoms with van der Waals surface area (Å²) in [6, 6.07) is 12.3. The van der Waals surface area contributed by atoms with Crippen molar-refractivity contribution >= 4 is 34.9 Å². The molecule has 0 atom stereocenters. The number of anilines is 1. The largest absolute Gasteiger partial charge is 0.307 e. The topological polar surface area (TPSA) is 90.5 Å². The van der Waals surface area contributed by atoms with Gasteiger partial charge in [-0.25, -0.2) is 9.36 Å². The van der Waals surface area contributed by atoms with Gasteiger partial charge in [0.1, 0.15) is 12.1 Å². The van der Waals surface area contributed by atoms with Crippen molar-refractivity contribution in [2.24, 2.45) is 0 Å². The first-order chi connectivity index (χ1) is 14.0. The molecule has 0 aliphatic carbocycles. The molecule has 2 aromatic carbocycles. The molecule has 0 bridgehead atoms. The van der Waals surface area contributed by atoms with Crippen LogP contribution in [0.1, 0.15) is 21.5 Å². The Kier molecular flexibility index (Phi) is 5.28. The summed E-state index contributed by atoms with van der Waals surface area (Å²) in [6.07, 6.45) is 3.12. The molecule has 0 saturated heterocycles. The smallest absolute Gasteiger partial charge is 0.256 e. The van der Waals surface area contributed by atoms with E-state index in [0.29, 0.717) is 28.0 Å². The summed E-state index contributed by atoms with van der Waals surface area (Å²) in [5, 5.41) is 19.4. The van der Waals surface area contributed by atoms with Gasteiger partial charge in [-0.05, 0) is 58.8 Å². The number of aromatic nitrogens is 6. The number of amides is 1. The first kappa shape index (κ1) is 19.1. The van der Waals surface area contributed by atoms with Gasteiger partial charge in [0.25, 0.3) is 5.91 Å². The lowest BCUT2D eigenvalue weighted by Gasteiger charge is -2.11. The molecule has 4 aromatic rings. The molecule has 29 heavy (non-hydrogen) atoms. The van der Waals surface area contributed by atoms with Gasteiger partial charge in [0, 0.05) is 21.7 Å². The molecule has 0 saturated carbocycles. The van der Waals surface area contributed by atoms with E-state index < -0.39 is 0 Å². The van der Waals surface area contributed by atoms with E-state index in [1.54, 1.807) is 52.0 Å². The van der Waals surface area contributed by atoms with E-state index in [4.69, 9.17) is 23.2 Å². The molecule has 0 unspecified atom stereocenters. The highest BCUT2D eigenvalue weighted by atomic mass is 35.5. The average Bonchev–Trinajstić information content (AvgIpc) is 3.36. The van der Waals surface area contributed by atoms with E-state index >= 15 is 0 Å². The second-order valence-electron chi connectivity index (χ2n) is 6.32. The van der Waals surface area contributed by atoms with Crippen LogP contribution in [0.2, 0.25) is 10.0 Å². The Morgan fingerprint density at radius 2 is 2.00 bits per heavy atom. The summed E-state index contributed by atoms with van der Waals surface area (Å²) < 4.78 is 3.21. The van der Waals surface area contributed by atoms with Crippen LogP contribution >= 0.6 is 23.2 Å². The van der Waals surface area contributed by atoms with Crippen molar-refractivity contribution in [2.45, 2.75) is 13.5 Å². The second kappa shape index (κ2) is 8.02. The summed E-state index contributed by atoms with van der Waals surface area (Å²) >= 11 is 12.2. The lowest BCUT2D eigenvalue weighted by Crippen LogP contribution is -2.16. The molecule has 4 rings (SSSR count). The van der Waals surface area contributed by atoms with Crippen LogP contribution in [0.3, 0.4) is 0 Å². The van der Waals surface area contributed by atoms with E-state index in [2.05, 4.69) is 25.9 Å². The normalized spacial score (nSPS) is 10.9. The van der Waals surface area contributed by atoms with Crippen molar-refractivity contribution in [3.8, 4) is 5.69 Å². The Labute approximate surface area is 176 Å². The Hall–Kier alpha value is -3.23. The first-order valence-corrected chi connectivity index (χ1v) is 9.38. The van der Waals surface area contributed by atoms with Crippen LogP contribution in [0.25, 0.3) is 5.69 Å². The van der Waals surface area contributed by atoms with Gasteiger partial charge >= 0.3 is 0 Å². The van der Waals surface area contributed by atoms with Crippen molar-refractivity contribution in [1.82, 2.24) is 30.0 Å². The quantitative estimate of drug-likeness (QED) is 0.523. The maximum atomic E-state index is 12.7. The number of benzene rings is 2. The molecule has 8 nitrogen and oxygen atoms in total. The number of aryl methyl sites for hydroxylation is 1. The number of rotatable bonds is 5. The maximum absolute atomic E-state index is 12.7. The molecular formula is C19H15Cl2N7O. The standard InChI is InChI=1S/C19H15Cl2N7O/c1-12-8-13(3-5-17(12)28-11-22-25-26-28)19(29)24-18-6-7-23-27(18)10-14-2-4-15(20)9-16(14)21/h2-9,11H,10H2,1H3,(H,24,29). The van der Waals surface area contributed by atoms with Gasteiger partial charge in [-0.1, -0.05) is 29.3 Å². The Morgan fingerprint density at radius 3 is 2.72 bits per heavy atom. The third kappa shape index (κ3) is 4.13. The minimum absolute atomic E-state index is 0.250. The van der Waals surface area contributed by atoms with Gasteiger partial charge in [0.2, 0.25) is 0 Å². The third-order valence-corrected chi connectivity index (χ3v) is 4.94. The summed E-state index contributed by atoms with van der Waals surface area (Å²) in [6.45, 7) is 2.29. The monoisotopic (exact) mass is 427 g/mol. The van der Waals surface area contributed by atoms with Crippen LogP contribution in [0, 0.1) is 6.92 Å². The third-order valence-electron chi connectivity index (χ3n) is 4.35. The number of carbonyl (C=O) groups excluding carboxylic acids is 1. The summed E-state index contributed by atoms with van der Waals surface area (Å²) in [5.74, 6) is 0.309. The molecule has 2 heterocycles. The highest BCUT2D eigenvalue weighted by molar-refractivity contribution is 6.35. The van der Waals surface area contributed by atoms with Crippen molar-refractivity contribution in [3.63, 3.8) is 0 Å². The van der Waals surface area contributed by atoms with Gasteiger partial charge in [-0.3, -0.25) is 4.79 Å². The van der Waals surface area contributed by atoms with E-state index in [-0.39, 0.29) is 5.91 Å². The summed E-state index contributed by atoms with van der Waals surface area (Å²) in [4.78, 5) is 12.7. The Bertz CT molecular complexity index is 1170. The number of hydrogen-bond acceptors (Lipinski definition) is 5. The van der Waals surface area contributed by atoms with Gasteiger partial charge in [-0.15, -0.1) is 5.10 Å². The van der Waals surface area contributed by atoms with Crippen LogP contribution < -0.4 is 5.32 Å². The number of nitrogens with one attached hydrogen (secondary N) is 1. The van der Waals surface area contributed by atoms with Crippen molar-refractivity contribution in [3.05, 3.63) is 81.7 Å². The summed E-state index contributed by atoms with van der Waals surface area (Å²) in [7, 11) is 0.